The van der Waals surface area contributed by atoms with Crippen LogP contribution in [0, 0.1) is 18.1 Å². The van der Waals surface area contributed by atoms with Crippen molar-refractivity contribution in [3.63, 3.8) is 0 Å². The molecule has 0 N–H and O–H groups in total. The first-order valence-electron chi connectivity index (χ1n) is 9.69. The Hall–Kier alpha value is -1.28. The summed E-state index contributed by atoms with van der Waals surface area (Å²) in [5.74, 6) is 0.560. The summed E-state index contributed by atoms with van der Waals surface area (Å²) in [6.07, 6.45) is 13.4. The molecule has 0 saturated carbocycles. The van der Waals surface area contributed by atoms with Gasteiger partial charge in [-0.15, -0.1) is 13.3 Å². The molecule has 2 aliphatic rings. The van der Waals surface area contributed by atoms with E-state index in [1.807, 2.05) is 12.2 Å². The first-order valence-corrected chi connectivity index (χ1v) is 11.5. The third-order valence-corrected chi connectivity index (χ3v) is 7.02. The van der Waals surface area contributed by atoms with Crippen LogP contribution in [-0.2, 0) is 23.9 Å². The van der Waals surface area contributed by atoms with Gasteiger partial charge in [-0.05, 0) is 0 Å². The van der Waals surface area contributed by atoms with Crippen LogP contribution >= 0.6 is 0 Å². The van der Waals surface area contributed by atoms with Crippen molar-refractivity contribution < 1.29 is 48.7 Å². The molecule has 0 aromatic heterocycles. The molecule has 0 fully saturated rings. The zero-order valence-electron chi connectivity index (χ0n) is 18.0. The van der Waals surface area contributed by atoms with E-state index in [4.69, 9.17) is 0 Å². The van der Waals surface area contributed by atoms with Crippen molar-refractivity contribution in [2.75, 3.05) is 0 Å². The van der Waals surface area contributed by atoms with Crippen molar-refractivity contribution in [3.8, 4) is 0 Å². The van der Waals surface area contributed by atoms with Gasteiger partial charge in [0.1, 0.15) is 0 Å². The van der Waals surface area contributed by atoms with Crippen molar-refractivity contribution in [1.29, 1.82) is 0 Å². The van der Waals surface area contributed by atoms with Crippen LogP contribution in [0.2, 0.25) is 0 Å². The number of benzene rings is 2. The van der Waals surface area contributed by atoms with E-state index in [0.717, 1.165) is 30.3 Å². The van der Waals surface area contributed by atoms with Gasteiger partial charge in [-0.1, -0.05) is 26.7 Å². The van der Waals surface area contributed by atoms with Gasteiger partial charge in [0, 0.05) is 0 Å². The Kier molecular flexibility index (Phi) is 14.8. The molecule has 156 valence electrons. The molecular weight excluding hydrogens is 574 g/mol. The van der Waals surface area contributed by atoms with Gasteiger partial charge in [-0.25, -0.2) is 17.7 Å². The summed E-state index contributed by atoms with van der Waals surface area (Å²) in [6, 6.07) is 21.2. The Morgan fingerprint density at radius 3 is 1.60 bits per heavy atom. The van der Waals surface area contributed by atoms with Gasteiger partial charge in [-0.3, -0.25) is 12.2 Å². The molecule has 4 rings (SSSR count). The van der Waals surface area contributed by atoms with Gasteiger partial charge in [-0.2, -0.15) is 17.2 Å². The summed E-state index contributed by atoms with van der Waals surface area (Å²) < 4.78 is 1.46. The maximum absolute atomic E-state index is 3.36. The molecule has 2 aromatic rings. The van der Waals surface area contributed by atoms with E-state index in [1.165, 1.54) is 31.1 Å². The van der Waals surface area contributed by atoms with Crippen LogP contribution in [0.5, 0.6) is 0 Å². The topological polar surface area (TPSA) is 0 Å². The van der Waals surface area contributed by atoms with Crippen LogP contribution in [0.4, 0.5) is 0 Å². The van der Waals surface area contributed by atoms with E-state index in [2.05, 4.69) is 107 Å². The average Bonchev–Trinajstić information content (AvgIpc) is 3.39. The summed E-state index contributed by atoms with van der Waals surface area (Å²) in [4.78, 5) is 0. The van der Waals surface area contributed by atoms with E-state index >= 15 is 0 Å². The molecule has 0 amide bonds. The standard InChI is InChI=1S/C13H10.C9H13.C5H5.2ClH.Hf/c1-3-7-12(8-4-1)11-13-9-5-2-6-10-13;1-6-5-7(2)9(4)8(6)3;1-2-4-5-3-1;;;/h1-10H;6H,1-4H3;1-3H,4H2;2*1H;/q;2*-1;;;+2/p-2. The molecule has 0 saturated heterocycles. The van der Waals surface area contributed by atoms with Crippen molar-refractivity contribution in [1.82, 2.24) is 0 Å². The Morgan fingerprint density at radius 1 is 0.867 bits per heavy atom. The summed E-state index contributed by atoms with van der Waals surface area (Å²) >= 11 is 1.08. The number of halogens is 2. The third kappa shape index (κ3) is 9.25. The fraction of sp³-hybridized carbons (Fsp3) is 0.222. The van der Waals surface area contributed by atoms with Crippen LogP contribution in [-0.4, -0.2) is 3.26 Å². The van der Waals surface area contributed by atoms with Crippen LogP contribution in [0.1, 0.15) is 45.2 Å². The second-order valence-corrected chi connectivity index (χ2v) is 8.71. The quantitative estimate of drug-likeness (QED) is 0.354. The molecule has 0 bridgehead atoms. The second-order valence-electron chi connectivity index (χ2n) is 6.91. The molecule has 0 aliphatic heterocycles. The number of allylic oxidation sites excluding steroid dienone is 8. The molecule has 0 radical (unpaired) electrons. The maximum atomic E-state index is 3.36. The summed E-state index contributed by atoms with van der Waals surface area (Å²) in [6.45, 7) is 8.67. The monoisotopic (exact) mass is 602 g/mol. The fourth-order valence-electron chi connectivity index (χ4n) is 2.88. The minimum atomic E-state index is 0. The van der Waals surface area contributed by atoms with Gasteiger partial charge < -0.3 is 24.8 Å². The molecule has 2 aliphatic carbocycles. The normalized spacial score (nSPS) is 15.7. The Morgan fingerprint density at radius 2 is 1.37 bits per heavy atom. The Balaban J connectivity index is 0.000000454. The van der Waals surface area contributed by atoms with Crippen LogP contribution in [0.3, 0.4) is 0 Å². The van der Waals surface area contributed by atoms with Crippen molar-refractivity contribution in [2.45, 2.75) is 34.1 Å². The van der Waals surface area contributed by atoms with E-state index < -0.39 is 0 Å². The van der Waals surface area contributed by atoms with Crippen molar-refractivity contribution in [3.05, 3.63) is 119 Å². The molecular formula is C27H28Cl2Hf-2. The third-order valence-electron chi connectivity index (χ3n) is 4.95. The summed E-state index contributed by atoms with van der Waals surface area (Å²) in [7, 11) is 0. The number of hydrogen-bond acceptors (Lipinski definition) is 0. The second kappa shape index (κ2) is 15.5. The van der Waals surface area contributed by atoms with E-state index in [0.29, 0.717) is 5.92 Å². The van der Waals surface area contributed by atoms with E-state index in [1.54, 1.807) is 0 Å². The SMILES string of the molecule is CC1=[C-]C(C)C(C)=C1C.[C-]1=CC=CC1.[Cl-].[Cl-].[Hf+2]=[C](c1ccccc1)c1ccccc1. The van der Waals surface area contributed by atoms with Crippen LogP contribution < -0.4 is 24.8 Å². The first-order chi connectivity index (χ1) is 13.5. The Bertz CT molecular complexity index is 839. The summed E-state index contributed by atoms with van der Waals surface area (Å²) in [5.41, 5.74) is 6.95. The zero-order chi connectivity index (χ0) is 20.4. The van der Waals surface area contributed by atoms with Gasteiger partial charge >= 0.3 is 98.9 Å². The molecule has 3 heteroatoms. The van der Waals surface area contributed by atoms with Gasteiger partial charge in [0.2, 0.25) is 0 Å². The summed E-state index contributed by atoms with van der Waals surface area (Å²) in [5, 5.41) is 0. The predicted molar refractivity (Wildman–Crippen MR) is 118 cm³/mol. The first kappa shape index (κ1) is 28.7. The number of hydrogen-bond donors (Lipinski definition) is 0. The van der Waals surface area contributed by atoms with Crippen LogP contribution in [0.15, 0.2) is 95.6 Å². The fourth-order valence-corrected chi connectivity index (χ4v) is 4.08. The van der Waals surface area contributed by atoms with Crippen LogP contribution in [0.25, 0.3) is 0 Å². The van der Waals surface area contributed by atoms with Gasteiger partial charge in [0.05, 0.1) is 0 Å². The van der Waals surface area contributed by atoms with Gasteiger partial charge in [0.15, 0.2) is 0 Å². The van der Waals surface area contributed by atoms with Crippen molar-refractivity contribution >= 4 is 3.26 Å². The Labute approximate surface area is 209 Å². The molecule has 1 atom stereocenters. The van der Waals surface area contributed by atoms with Gasteiger partial charge in [0.25, 0.3) is 0 Å². The molecule has 30 heavy (non-hydrogen) atoms. The molecule has 0 nitrogen and oxygen atoms in total. The molecule has 0 spiro atoms. The number of rotatable bonds is 2. The van der Waals surface area contributed by atoms with E-state index in [9.17, 15) is 0 Å². The average molecular weight is 602 g/mol. The molecule has 0 heterocycles. The van der Waals surface area contributed by atoms with E-state index in [-0.39, 0.29) is 24.8 Å². The minimum absolute atomic E-state index is 0. The molecule has 1 unspecified atom stereocenters. The zero-order valence-corrected chi connectivity index (χ0v) is 23.2. The van der Waals surface area contributed by atoms with Crippen molar-refractivity contribution in [2.24, 2.45) is 5.92 Å². The predicted octanol–water partition coefficient (Wildman–Crippen LogP) is 0.838. The molecule has 2 aromatic carbocycles.